The van der Waals surface area contributed by atoms with Crippen LogP contribution in [0.15, 0.2) is 0 Å². The van der Waals surface area contributed by atoms with Gasteiger partial charge in [0.05, 0.1) is 12.2 Å². The zero-order valence-electron chi connectivity index (χ0n) is 9.43. The molecule has 2 rings (SSSR count). The molecule has 14 heavy (non-hydrogen) atoms. The molecule has 2 atom stereocenters. The van der Waals surface area contributed by atoms with Gasteiger partial charge in [-0.05, 0) is 31.6 Å². The molecule has 0 aromatic heterocycles. The van der Waals surface area contributed by atoms with Gasteiger partial charge in [-0.3, -0.25) is 0 Å². The van der Waals surface area contributed by atoms with Gasteiger partial charge in [-0.15, -0.1) is 12.4 Å². The standard InChI is InChI=1S/C11H21NO.ClH/c1-9-6-13-11(8-12-9)5-4-10(2,3)7-11;/h9,12H,4-8H2,1-3H3;1H. The first-order valence-corrected chi connectivity index (χ1v) is 5.39. The van der Waals surface area contributed by atoms with Crippen LogP contribution in [-0.2, 0) is 4.74 Å². The number of morpholine rings is 1. The molecule has 0 aromatic rings. The summed E-state index contributed by atoms with van der Waals surface area (Å²) in [6, 6.07) is 0.536. The van der Waals surface area contributed by atoms with Crippen LogP contribution in [0.1, 0.15) is 40.0 Å². The highest BCUT2D eigenvalue weighted by molar-refractivity contribution is 5.85. The van der Waals surface area contributed by atoms with Gasteiger partial charge in [0.1, 0.15) is 0 Å². The van der Waals surface area contributed by atoms with E-state index in [2.05, 4.69) is 26.1 Å². The lowest BCUT2D eigenvalue weighted by molar-refractivity contribution is -0.0805. The summed E-state index contributed by atoms with van der Waals surface area (Å²) in [5.41, 5.74) is 0.665. The van der Waals surface area contributed by atoms with Crippen LogP contribution in [0.2, 0.25) is 0 Å². The lowest BCUT2D eigenvalue weighted by atomic mass is 9.88. The van der Waals surface area contributed by atoms with E-state index >= 15 is 0 Å². The lowest BCUT2D eigenvalue weighted by Gasteiger charge is -2.38. The van der Waals surface area contributed by atoms with Crippen LogP contribution in [0.4, 0.5) is 0 Å². The van der Waals surface area contributed by atoms with E-state index < -0.39 is 0 Å². The quantitative estimate of drug-likeness (QED) is 0.676. The van der Waals surface area contributed by atoms with Gasteiger partial charge >= 0.3 is 0 Å². The van der Waals surface area contributed by atoms with E-state index in [1.54, 1.807) is 0 Å². The van der Waals surface area contributed by atoms with Crippen LogP contribution in [0.3, 0.4) is 0 Å². The van der Waals surface area contributed by atoms with Crippen molar-refractivity contribution in [3.63, 3.8) is 0 Å². The maximum absolute atomic E-state index is 6.01. The number of nitrogens with one attached hydrogen (secondary N) is 1. The first kappa shape index (κ1) is 12.3. The van der Waals surface area contributed by atoms with Crippen LogP contribution in [-0.4, -0.2) is 24.8 Å². The zero-order valence-corrected chi connectivity index (χ0v) is 10.2. The van der Waals surface area contributed by atoms with Gasteiger partial charge in [0.25, 0.3) is 0 Å². The Morgan fingerprint density at radius 3 is 2.43 bits per heavy atom. The lowest BCUT2D eigenvalue weighted by Crippen LogP contribution is -2.52. The molecule has 3 heteroatoms. The average Bonchev–Trinajstić information content (AvgIpc) is 2.35. The maximum atomic E-state index is 6.01. The zero-order chi connectivity index (χ0) is 9.53. The summed E-state index contributed by atoms with van der Waals surface area (Å²) in [5.74, 6) is 0. The van der Waals surface area contributed by atoms with Gasteiger partial charge in [-0.1, -0.05) is 13.8 Å². The van der Waals surface area contributed by atoms with E-state index in [9.17, 15) is 0 Å². The van der Waals surface area contributed by atoms with Gasteiger partial charge in [0.15, 0.2) is 0 Å². The number of hydrogen-bond donors (Lipinski definition) is 1. The molecular weight excluding hydrogens is 198 g/mol. The highest BCUT2D eigenvalue weighted by Crippen LogP contribution is 2.46. The minimum Gasteiger partial charge on any atom is -0.372 e. The van der Waals surface area contributed by atoms with E-state index in [0.29, 0.717) is 11.5 Å². The van der Waals surface area contributed by atoms with Crippen molar-refractivity contribution in [1.82, 2.24) is 5.32 Å². The van der Waals surface area contributed by atoms with Gasteiger partial charge in [-0.2, -0.15) is 0 Å². The Morgan fingerprint density at radius 1 is 1.29 bits per heavy atom. The average molecular weight is 220 g/mol. The second-order valence-electron chi connectivity index (χ2n) is 5.62. The van der Waals surface area contributed by atoms with E-state index in [1.165, 1.54) is 19.3 Å². The van der Waals surface area contributed by atoms with Gasteiger partial charge in [0.2, 0.25) is 0 Å². The third-order valence-electron chi connectivity index (χ3n) is 3.47. The maximum Gasteiger partial charge on any atom is 0.0812 e. The van der Waals surface area contributed by atoms with E-state index in [-0.39, 0.29) is 18.0 Å². The van der Waals surface area contributed by atoms with Crippen molar-refractivity contribution in [2.24, 2.45) is 5.41 Å². The molecule has 0 amide bonds. The normalized spacial score (nSPS) is 40.9. The number of rotatable bonds is 0. The van der Waals surface area contributed by atoms with Crippen LogP contribution < -0.4 is 5.32 Å². The van der Waals surface area contributed by atoms with Gasteiger partial charge in [-0.25, -0.2) is 0 Å². The minimum absolute atomic E-state index is 0. The summed E-state index contributed by atoms with van der Waals surface area (Å²) in [6.07, 6.45) is 3.77. The van der Waals surface area contributed by atoms with Crippen molar-refractivity contribution in [1.29, 1.82) is 0 Å². The van der Waals surface area contributed by atoms with Gasteiger partial charge in [0, 0.05) is 12.6 Å². The van der Waals surface area contributed by atoms with Crippen molar-refractivity contribution in [2.45, 2.75) is 51.7 Å². The summed E-state index contributed by atoms with van der Waals surface area (Å²) in [7, 11) is 0. The minimum atomic E-state index is 0. The Bertz CT molecular complexity index is 197. The largest absolute Gasteiger partial charge is 0.372 e. The number of ether oxygens (including phenoxy) is 1. The summed E-state index contributed by atoms with van der Waals surface area (Å²) >= 11 is 0. The van der Waals surface area contributed by atoms with Crippen molar-refractivity contribution >= 4 is 12.4 Å². The van der Waals surface area contributed by atoms with Crippen LogP contribution >= 0.6 is 12.4 Å². The van der Waals surface area contributed by atoms with Crippen LogP contribution in [0.5, 0.6) is 0 Å². The smallest absolute Gasteiger partial charge is 0.0812 e. The Kier molecular flexibility index (Phi) is 3.50. The molecule has 1 aliphatic heterocycles. The first-order valence-electron chi connectivity index (χ1n) is 5.39. The van der Waals surface area contributed by atoms with Crippen molar-refractivity contribution in [3.8, 4) is 0 Å². The molecular formula is C11H22ClNO. The Labute approximate surface area is 93.2 Å². The molecule has 84 valence electrons. The molecule has 2 nitrogen and oxygen atoms in total. The molecule has 1 saturated heterocycles. The molecule has 1 N–H and O–H groups in total. The third-order valence-corrected chi connectivity index (χ3v) is 3.47. The van der Waals surface area contributed by atoms with Crippen molar-refractivity contribution in [3.05, 3.63) is 0 Å². The Hall–Kier alpha value is 0.210. The molecule has 0 bridgehead atoms. The highest BCUT2D eigenvalue weighted by atomic mass is 35.5. The second-order valence-corrected chi connectivity index (χ2v) is 5.62. The first-order chi connectivity index (χ1) is 6.02. The van der Waals surface area contributed by atoms with Gasteiger partial charge < -0.3 is 10.1 Å². The molecule has 0 aromatic carbocycles. The third kappa shape index (κ3) is 2.41. The second kappa shape index (κ2) is 3.99. The Balaban J connectivity index is 0.000000980. The molecule has 1 saturated carbocycles. The monoisotopic (exact) mass is 219 g/mol. The SMILES string of the molecule is CC1COC2(CCC(C)(C)C2)CN1.Cl. The van der Waals surface area contributed by atoms with Crippen LogP contribution in [0.25, 0.3) is 0 Å². The molecule has 1 aliphatic carbocycles. The molecule has 2 aliphatic rings. The van der Waals surface area contributed by atoms with E-state index in [4.69, 9.17) is 4.74 Å². The summed E-state index contributed by atoms with van der Waals surface area (Å²) in [4.78, 5) is 0. The van der Waals surface area contributed by atoms with Crippen LogP contribution in [0, 0.1) is 5.41 Å². The van der Waals surface area contributed by atoms with E-state index in [0.717, 1.165) is 13.2 Å². The molecule has 1 heterocycles. The summed E-state index contributed by atoms with van der Waals surface area (Å²) in [6.45, 7) is 8.83. The predicted octanol–water partition coefficient (Wildman–Crippen LogP) is 2.37. The molecule has 0 radical (unpaired) electrons. The fourth-order valence-electron chi connectivity index (χ4n) is 2.66. The number of halogens is 1. The fourth-order valence-corrected chi connectivity index (χ4v) is 2.66. The van der Waals surface area contributed by atoms with Crippen molar-refractivity contribution in [2.75, 3.05) is 13.2 Å². The molecule has 1 spiro atoms. The summed E-state index contributed by atoms with van der Waals surface area (Å²) in [5, 5.41) is 3.53. The summed E-state index contributed by atoms with van der Waals surface area (Å²) < 4.78 is 6.01. The topological polar surface area (TPSA) is 21.3 Å². The predicted molar refractivity (Wildman–Crippen MR) is 61.0 cm³/mol. The molecule has 2 fully saturated rings. The Morgan fingerprint density at radius 2 is 2.00 bits per heavy atom. The van der Waals surface area contributed by atoms with E-state index in [1.807, 2.05) is 0 Å². The molecule has 2 unspecified atom stereocenters. The number of hydrogen-bond acceptors (Lipinski definition) is 2. The van der Waals surface area contributed by atoms with Crippen molar-refractivity contribution < 1.29 is 4.74 Å². The highest BCUT2D eigenvalue weighted by Gasteiger charge is 2.45. The fraction of sp³-hybridized carbons (Fsp3) is 1.00.